The van der Waals surface area contributed by atoms with E-state index < -0.39 is 22.3 Å². The molecule has 0 radical (unpaired) electrons. The van der Waals surface area contributed by atoms with Crippen LogP contribution in [0.1, 0.15) is 31.7 Å². The maximum atomic E-state index is 13.5. The molecule has 1 N–H and O–H groups in total. The summed E-state index contributed by atoms with van der Waals surface area (Å²) >= 11 is 0. The van der Waals surface area contributed by atoms with Crippen molar-refractivity contribution in [3.63, 3.8) is 0 Å². The van der Waals surface area contributed by atoms with Crippen LogP contribution in [-0.4, -0.2) is 61.0 Å². The van der Waals surface area contributed by atoms with Crippen molar-refractivity contribution in [2.24, 2.45) is 0 Å². The van der Waals surface area contributed by atoms with E-state index in [1.54, 1.807) is 48.5 Å². The molecule has 35 heavy (non-hydrogen) atoms. The number of sulfonamides is 1. The Labute approximate surface area is 204 Å². The molecular weight excluding hydrogens is 476 g/mol. The van der Waals surface area contributed by atoms with Crippen molar-refractivity contribution in [1.29, 1.82) is 0 Å². The second-order valence-electron chi connectivity index (χ2n) is 8.83. The van der Waals surface area contributed by atoms with E-state index in [2.05, 4.69) is 34.3 Å². The van der Waals surface area contributed by atoms with Crippen LogP contribution in [0.3, 0.4) is 0 Å². The predicted molar refractivity (Wildman–Crippen MR) is 130 cm³/mol. The summed E-state index contributed by atoms with van der Waals surface area (Å²) in [5, 5.41) is 10.5. The number of anilines is 1. The topological polar surface area (TPSA) is 91.6 Å². The van der Waals surface area contributed by atoms with E-state index in [0.717, 1.165) is 18.7 Å². The van der Waals surface area contributed by atoms with Crippen LogP contribution in [-0.2, 0) is 16.6 Å². The first kappa shape index (κ1) is 25.2. The van der Waals surface area contributed by atoms with E-state index in [1.165, 1.54) is 4.31 Å². The second kappa shape index (κ2) is 10.8. The Morgan fingerprint density at radius 1 is 1.06 bits per heavy atom. The van der Waals surface area contributed by atoms with Crippen molar-refractivity contribution in [3.8, 4) is 11.5 Å². The van der Waals surface area contributed by atoms with Crippen LogP contribution in [0.5, 0.6) is 0 Å². The van der Waals surface area contributed by atoms with Crippen molar-refractivity contribution >= 4 is 15.7 Å². The molecule has 0 bridgehead atoms. The normalized spacial score (nSPS) is 19.2. The number of nitrogens with one attached hydrogen (secondary N) is 1. The van der Waals surface area contributed by atoms with E-state index in [4.69, 9.17) is 4.42 Å². The van der Waals surface area contributed by atoms with Crippen molar-refractivity contribution in [2.45, 2.75) is 38.9 Å². The molecule has 3 aromatic rings. The summed E-state index contributed by atoms with van der Waals surface area (Å²) < 4.78 is 58.8. The van der Waals surface area contributed by atoms with Crippen LogP contribution >= 0.6 is 0 Å². The van der Waals surface area contributed by atoms with Gasteiger partial charge in [0.2, 0.25) is 15.9 Å². The van der Waals surface area contributed by atoms with E-state index in [-0.39, 0.29) is 18.2 Å². The van der Waals surface area contributed by atoms with Crippen LogP contribution in [0.25, 0.3) is 11.5 Å². The van der Waals surface area contributed by atoms with Gasteiger partial charge in [0.15, 0.2) is 0 Å². The first-order valence-electron chi connectivity index (χ1n) is 11.5. The third-order valence-electron chi connectivity index (χ3n) is 5.83. The second-order valence-corrected chi connectivity index (χ2v) is 10.8. The Balaban J connectivity index is 1.51. The SMILES string of the molecule is CC1CN(CCS(=O)(=O)N(Cc2ccc(-c3nnc(C(F)F)o3)cc2)c2ccccc2)C[C@@H](C)N1. The fraction of sp³-hybridized carbons (Fsp3) is 0.417. The number of rotatable bonds is 9. The molecule has 0 spiro atoms. The number of nitrogens with zero attached hydrogens (tertiary/aromatic N) is 4. The summed E-state index contributed by atoms with van der Waals surface area (Å²) in [6, 6.07) is 16.4. The molecule has 2 aromatic carbocycles. The molecule has 1 aromatic heterocycles. The van der Waals surface area contributed by atoms with Gasteiger partial charge in [0.05, 0.1) is 18.0 Å². The van der Waals surface area contributed by atoms with Crippen LogP contribution in [0.4, 0.5) is 14.5 Å². The molecule has 0 saturated carbocycles. The van der Waals surface area contributed by atoms with Gasteiger partial charge in [-0.1, -0.05) is 30.3 Å². The molecule has 1 saturated heterocycles. The number of alkyl halides is 2. The average Bonchev–Trinajstić information content (AvgIpc) is 3.32. The minimum absolute atomic E-state index is 0.00217. The minimum Gasteiger partial charge on any atom is -0.415 e. The maximum Gasteiger partial charge on any atom is 0.314 e. The largest absolute Gasteiger partial charge is 0.415 e. The van der Waals surface area contributed by atoms with E-state index in [1.807, 2.05) is 6.07 Å². The molecule has 8 nitrogen and oxygen atoms in total. The summed E-state index contributed by atoms with van der Waals surface area (Å²) in [5.41, 5.74) is 1.79. The van der Waals surface area contributed by atoms with Crippen LogP contribution in [0, 0.1) is 0 Å². The van der Waals surface area contributed by atoms with Gasteiger partial charge < -0.3 is 9.73 Å². The number of aromatic nitrogens is 2. The molecule has 1 unspecified atom stereocenters. The smallest absolute Gasteiger partial charge is 0.314 e. The predicted octanol–water partition coefficient (Wildman–Crippen LogP) is 3.69. The van der Waals surface area contributed by atoms with Gasteiger partial charge in [-0.3, -0.25) is 9.21 Å². The zero-order valence-corrected chi connectivity index (χ0v) is 20.5. The fourth-order valence-electron chi connectivity index (χ4n) is 4.28. The lowest BCUT2D eigenvalue weighted by atomic mass is 10.1. The lowest BCUT2D eigenvalue weighted by Gasteiger charge is -2.36. The molecule has 188 valence electrons. The lowest BCUT2D eigenvalue weighted by Crippen LogP contribution is -2.55. The minimum atomic E-state index is -3.63. The van der Waals surface area contributed by atoms with Crippen LogP contribution in [0.2, 0.25) is 0 Å². The number of hydrogen-bond donors (Lipinski definition) is 1. The molecule has 0 amide bonds. The van der Waals surface area contributed by atoms with Crippen molar-refractivity contribution < 1.29 is 21.6 Å². The highest BCUT2D eigenvalue weighted by Crippen LogP contribution is 2.25. The van der Waals surface area contributed by atoms with Gasteiger partial charge in [0, 0.05) is 37.3 Å². The summed E-state index contributed by atoms with van der Waals surface area (Å²) in [6.07, 6.45) is -2.84. The standard InChI is InChI=1S/C24H29F2N5O3S/c1-17-14-30(15-18(2)27-17)12-13-35(32,33)31(21-6-4-3-5-7-21)16-19-8-10-20(11-9-19)23-28-29-24(34-23)22(25)26/h3-11,17-18,22,27H,12-16H2,1-2H3/t17-,18?/m1/s1. The molecule has 4 rings (SSSR count). The van der Waals surface area contributed by atoms with Gasteiger partial charge in [-0.25, -0.2) is 8.42 Å². The third-order valence-corrected chi connectivity index (χ3v) is 7.54. The number of halogens is 2. The van der Waals surface area contributed by atoms with E-state index >= 15 is 0 Å². The Bertz CT molecular complexity index is 1200. The lowest BCUT2D eigenvalue weighted by molar-refractivity contribution is 0.116. The van der Waals surface area contributed by atoms with Gasteiger partial charge in [-0.15, -0.1) is 10.2 Å². The first-order valence-corrected chi connectivity index (χ1v) is 13.1. The molecular formula is C24H29F2N5O3S. The maximum absolute atomic E-state index is 13.5. The quantitative estimate of drug-likeness (QED) is 0.474. The van der Waals surface area contributed by atoms with Gasteiger partial charge in [0.1, 0.15) is 0 Å². The van der Waals surface area contributed by atoms with Crippen molar-refractivity contribution in [1.82, 2.24) is 20.4 Å². The van der Waals surface area contributed by atoms with Crippen molar-refractivity contribution in [2.75, 3.05) is 29.7 Å². The third kappa shape index (κ3) is 6.41. The van der Waals surface area contributed by atoms with Gasteiger partial charge in [-0.2, -0.15) is 8.78 Å². The fourth-order valence-corrected chi connectivity index (χ4v) is 5.78. The van der Waals surface area contributed by atoms with Gasteiger partial charge in [0.25, 0.3) is 5.89 Å². The Hall–Kier alpha value is -2.89. The number of hydrogen-bond acceptors (Lipinski definition) is 7. The highest BCUT2D eigenvalue weighted by atomic mass is 32.2. The Kier molecular flexibility index (Phi) is 7.78. The van der Waals surface area contributed by atoms with Crippen LogP contribution < -0.4 is 9.62 Å². The molecule has 2 heterocycles. The Morgan fingerprint density at radius 2 is 1.71 bits per heavy atom. The Morgan fingerprint density at radius 3 is 2.31 bits per heavy atom. The zero-order chi connectivity index (χ0) is 25.0. The number of benzene rings is 2. The number of piperazine rings is 1. The van der Waals surface area contributed by atoms with E-state index in [9.17, 15) is 17.2 Å². The monoisotopic (exact) mass is 505 g/mol. The molecule has 1 fully saturated rings. The highest BCUT2D eigenvalue weighted by Gasteiger charge is 2.27. The summed E-state index contributed by atoms with van der Waals surface area (Å²) in [6.45, 7) is 6.38. The molecule has 11 heteroatoms. The van der Waals surface area contributed by atoms with Crippen LogP contribution in [0.15, 0.2) is 59.0 Å². The molecule has 1 aliphatic heterocycles. The highest BCUT2D eigenvalue weighted by molar-refractivity contribution is 7.92. The first-order chi connectivity index (χ1) is 16.7. The molecule has 1 aliphatic rings. The van der Waals surface area contributed by atoms with Gasteiger partial charge >= 0.3 is 6.43 Å². The number of para-hydroxylation sites is 1. The molecule has 0 aliphatic carbocycles. The van der Waals surface area contributed by atoms with E-state index in [0.29, 0.717) is 29.9 Å². The average molecular weight is 506 g/mol. The summed E-state index contributed by atoms with van der Waals surface area (Å²) in [7, 11) is -3.63. The molecule has 2 atom stereocenters. The van der Waals surface area contributed by atoms with Crippen molar-refractivity contribution in [3.05, 3.63) is 66.1 Å². The summed E-state index contributed by atoms with van der Waals surface area (Å²) in [4.78, 5) is 2.18. The van der Waals surface area contributed by atoms with Gasteiger partial charge in [-0.05, 0) is 43.7 Å². The summed E-state index contributed by atoms with van der Waals surface area (Å²) in [5.74, 6) is -0.754. The zero-order valence-electron chi connectivity index (χ0n) is 19.6.